The molecule has 4 fully saturated rings. The molecule has 12 nitrogen and oxygen atoms in total. The lowest BCUT2D eigenvalue weighted by molar-refractivity contribution is -0.126. The van der Waals surface area contributed by atoms with Crippen molar-refractivity contribution in [2.45, 2.75) is 129 Å². The van der Waals surface area contributed by atoms with Crippen LogP contribution in [0, 0.1) is 5.92 Å². The van der Waals surface area contributed by atoms with Crippen molar-refractivity contribution in [2.24, 2.45) is 5.92 Å². The van der Waals surface area contributed by atoms with Gasteiger partial charge < -0.3 is 43.9 Å². The van der Waals surface area contributed by atoms with Gasteiger partial charge in [-0.3, -0.25) is 4.79 Å². The molecular weight excluding hydrogens is 606 g/mol. The third-order valence-corrected chi connectivity index (χ3v) is 9.15. The first-order chi connectivity index (χ1) is 22.0. The van der Waals surface area contributed by atoms with E-state index in [2.05, 4.69) is 18.3 Å². The maximum atomic E-state index is 12.7. The van der Waals surface area contributed by atoms with Gasteiger partial charge in [0.25, 0.3) is 0 Å². The van der Waals surface area contributed by atoms with Crippen LogP contribution in [0.3, 0.4) is 0 Å². The number of hydrogen-bond donors (Lipinski definition) is 2. The van der Waals surface area contributed by atoms with Gasteiger partial charge in [-0.25, -0.2) is 9.59 Å². The number of hydrogen-bond acceptors (Lipinski definition) is 9. The number of carbonyl (C=O) groups is 3. The fraction of sp³-hybridized carbons (Fsp3) is 0.743. The second-order valence-electron chi connectivity index (χ2n) is 14.6. The van der Waals surface area contributed by atoms with Gasteiger partial charge in [0.2, 0.25) is 5.91 Å². The predicted octanol–water partition coefficient (Wildman–Crippen LogP) is 4.12. The number of allylic oxidation sites excluding steroid dienone is 2. The average Bonchev–Trinajstić information content (AvgIpc) is 3.77. The van der Waals surface area contributed by atoms with Crippen molar-refractivity contribution in [3.63, 3.8) is 0 Å². The predicted molar refractivity (Wildman–Crippen MR) is 176 cm³/mol. The molecular formula is C35H55N3O9. The van der Waals surface area contributed by atoms with Gasteiger partial charge in [0.1, 0.15) is 29.5 Å². The molecule has 264 valence electrons. The van der Waals surface area contributed by atoms with Gasteiger partial charge in [-0.1, -0.05) is 30.7 Å². The van der Waals surface area contributed by atoms with Crippen molar-refractivity contribution in [1.29, 1.82) is 0 Å². The number of nitrogens with one attached hydrogen (secondary N) is 1. The molecule has 4 rings (SSSR count). The molecule has 12 heteroatoms. The van der Waals surface area contributed by atoms with Crippen molar-refractivity contribution in [1.82, 2.24) is 15.1 Å². The van der Waals surface area contributed by atoms with E-state index in [1.54, 1.807) is 22.8 Å². The SMILES string of the molecule is CC(/C=C/[C@H]1O[C@H](C)C[C@@]2(CO2)[C@@H]1O)=C\C[C@@H]1O[C@H](C)[C@H](NC(=O)/C=C\[C@H](C)OC(=O)N2CCN(C(=O)OC(C)(C)C)CC2)C[C@@H]1C. The topological polar surface area (TPSA) is 139 Å². The second-order valence-corrected chi connectivity index (χ2v) is 14.6. The number of ether oxygens (including phenoxy) is 5. The molecule has 0 bridgehead atoms. The smallest absolute Gasteiger partial charge is 0.410 e. The number of aliphatic hydroxyl groups is 1. The Morgan fingerprint density at radius 2 is 1.68 bits per heavy atom. The lowest BCUT2D eigenvalue weighted by Crippen LogP contribution is -2.52. The molecule has 0 saturated carbocycles. The highest BCUT2D eigenvalue weighted by Gasteiger charge is 2.57. The molecule has 0 aromatic carbocycles. The van der Waals surface area contributed by atoms with E-state index in [9.17, 15) is 19.5 Å². The minimum atomic E-state index is -0.662. The van der Waals surface area contributed by atoms with Crippen LogP contribution >= 0.6 is 0 Å². The quantitative estimate of drug-likeness (QED) is 0.223. The molecule has 0 unspecified atom stereocenters. The van der Waals surface area contributed by atoms with E-state index in [1.807, 2.05) is 53.7 Å². The number of rotatable bonds is 8. The number of amides is 3. The first-order valence-electron chi connectivity index (χ1n) is 17.0. The molecule has 0 radical (unpaired) electrons. The van der Waals surface area contributed by atoms with Crippen LogP contribution in [-0.2, 0) is 28.5 Å². The van der Waals surface area contributed by atoms with Gasteiger partial charge in [-0.05, 0) is 73.3 Å². The number of carbonyl (C=O) groups excluding carboxylic acids is 3. The van der Waals surface area contributed by atoms with E-state index >= 15 is 0 Å². The molecule has 4 aliphatic heterocycles. The molecule has 4 saturated heterocycles. The van der Waals surface area contributed by atoms with E-state index in [0.717, 1.165) is 18.4 Å². The summed E-state index contributed by atoms with van der Waals surface area (Å²) in [6, 6.07) is -0.147. The molecule has 0 aromatic rings. The Kier molecular flexibility index (Phi) is 12.2. The highest BCUT2D eigenvalue weighted by molar-refractivity contribution is 5.87. The summed E-state index contributed by atoms with van der Waals surface area (Å²) in [4.78, 5) is 40.8. The van der Waals surface area contributed by atoms with E-state index in [1.165, 1.54) is 6.08 Å². The zero-order chi connectivity index (χ0) is 34.5. The Morgan fingerprint density at radius 3 is 2.30 bits per heavy atom. The molecule has 2 N–H and O–H groups in total. The Labute approximate surface area is 279 Å². The fourth-order valence-electron chi connectivity index (χ4n) is 6.28. The largest absolute Gasteiger partial charge is 0.444 e. The van der Waals surface area contributed by atoms with Crippen LogP contribution in [0.1, 0.15) is 74.7 Å². The van der Waals surface area contributed by atoms with Crippen LogP contribution in [0.5, 0.6) is 0 Å². The standard InChI is InChI=1S/C35H55N3O9/c1-22(10-13-29-31(40)35(21-43-35)20-25(4)44-29)9-12-28-23(2)19-27(26(5)46-28)36-30(39)14-11-24(3)45-32(41)37-15-17-38(18-16-37)33(42)47-34(6,7)8/h9-11,13-14,23-29,31,40H,12,15-21H2,1-8H3,(H,36,39)/b13-10+,14-11-,22-9+/t23-,24-,25+,26+,27+,28-,29+,31+,35+/m0/s1. The zero-order valence-corrected chi connectivity index (χ0v) is 29.3. The third kappa shape index (κ3) is 10.5. The van der Waals surface area contributed by atoms with Crippen molar-refractivity contribution in [2.75, 3.05) is 32.8 Å². The van der Waals surface area contributed by atoms with Gasteiger partial charge >= 0.3 is 12.2 Å². The first kappa shape index (κ1) is 36.9. The lowest BCUT2D eigenvalue weighted by atomic mass is 9.87. The monoisotopic (exact) mass is 661 g/mol. The summed E-state index contributed by atoms with van der Waals surface area (Å²) in [7, 11) is 0. The van der Waals surface area contributed by atoms with Crippen molar-refractivity contribution < 1.29 is 43.2 Å². The van der Waals surface area contributed by atoms with Crippen LogP contribution in [0.25, 0.3) is 0 Å². The summed E-state index contributed by atoms with van der Waals surface area (Å²) in [6.45, 7) is 17.3. The zero-order valence-electron chi connectivity index (χ0n) is 29.3. The van der Waals surface area contributed by atoms with Gasteiger partial charge in [-0.15, -0.1) is 0 Å². The van der Waals surface area contributed by atoms with Crippen molar-refractivity contribution in [3.8, 4) is 0 Å². The number of nitrogens with zero attached hydrogens (tertiary/aromatic N) is 2. The summed E-state index contributed by atoms with van der Waals surface area (Å²) in [6.07, 6.45) is 8.55. The van der Waals surface area contributed by atoms with Gasteiger partial charge in [-0.2, -0.15) is 0 Å². The number of piperazine rings is 1. The van der Waals surface area contributed by atoms with E-state index in [0.29, 0.717) is 39.2 Å². The summed E-state index contributed by atoms with van der Waals surface area (Å²) in [5, 5.41) is 13.7. The Balaban J connectivity index is 1.16. The summed E-state index contributed by atoms with van der Waals surface area (Å²) >= 11 is 0. The Bertz CT molecular complexity index is 1200. The third-order valence-electron chi connectivity index (χ3n) is 9.15. The van der Waals surface area contributed by atoms with E-state index < -0.39 is 41.7 Å². The molecule has 0 aliphatic carbocycles. The Morgan fingerprint density at radius 1 is 1.04 bits per heavy atom. The van der Waals surface area contributed by atoms with Crippen LogP contribution in [-0.4, -0.2) is 120 Å². The highest BCUT2D eigenvalue weighted by Crippen LogP contribution is 2.42. The first-order valence-corrected chi connectivity index (χ1v) is 17.0. The molecule has 4 aliphatic rings. The van der Waals surface area contributed by atoms with Crippen LogP contribution < -0.4 is 5.32 Å². The molecule has 4 heterocycles. The number of aliphatic hydroxyl groups excluding tert-OH is 1. The molecule has 9 atom stereocenters. The van der Waals surface area contributed by atoms with Crippen molar-refractivity contribution in [3.05, 3.63) is 36.0 Å². The number of epoxide rings is 1. The van der Waals surface area contributed by atoms with Gasteiger partial charge in [0.05, 0.1) is 31.0 Å². The van der Waals surface area contributed by atoms with Gasteiger partial charge in [0.15, 0.2) is 0 Å². The van der Waals surface area contributed by atoms with Crippen LogP contribution in [0.4, 0.5) is 9.59 Å². The molecule has 0 aromatic heterocycles. The fourth-order valence-corrected chi connectivity index (χ4v) is 6.28. The minimum Gasteiger partial charge on any atom is -0.444 e. The summed E-state index contributed by atoms with van der Waals surface area (Å²) < 4.78 is 28.7. The highest BCUT2D eigenvalue weighted by atomic mass is 16.6. The maximum Gasteiger partial charge on any atom is 0.410 e. The van der Waals surface area contributed by atoms with Crippen LogP contribution in [0.2, 0.25) is 0 Å². The average molecular weight is 662 g/mol. The normalized spacial score (nSPS) is 34.1. The van der Waals surface area contributed by atoms with E-state index in [-0.39, 0.29) is 36.2 Å². The summed E-state index contributed by atoms with van der Waals surface area (Å²) in [5.41, 5.74) is 0.0417. The lowest BCUT2D eigenvalue weighted by Gasteiger charge is -2.39. The molecule has 1 spiro atoms. The Hall–Kier alpha value is -2.93. The molecule has 47 heavy (non-hydrogen) atoms. The van der Waals surface area contributed by atoms with E-state index in [4.69, 9.17) is 23.7 Å². The van der Waals surface area contributed by atoms with Gasteiger partial charge in [0, 0.05) is 38.7 Å². The van der Waals surface area contributed by atoms with Crippen molar-refractivity contribution >= 4 is 18.1 Å². The second kappa shape index (κ2) is 15.5. The van der Waals surface area contributed by atoms with Crippen LogP contribution in [0.15, 0.2) is 36.0 Å². The molecule has 3 amide bonds. The summed E-state index contributed by atoms with van der Waals surface area (Å²) in [5.74, 6) is -0.0499. The minimum absolute atomic E-state index is 0.0159. The maximum absolute atomic E-state index is 12.7.